The highest BCUT2D eigenvalue weighted by Crippen LogP contribution is 2.51. The largest absolute Gasteiger partial charge is 0.511 e. The number of nitrogen functional groups attached to an aromatic ring is 1. The molecule has 196 valence electrons. The van der Waals surface area contributed by atoms with Gasteiger partial charge in [0.15, 0.2) is 13.9 Å². The molecule has 11 heteroatoms. The lowest BCUT2D eigenvalue weighted by atomic mass is 9.82. The van der Waals surface area contributed by atoms with Crippen molar-refractivity contribution in [1.82, 2.24) is 14.5 Å². The van der Waals surface area contributed by atoms with E-state index in [9.17, 15) is 9.90 Å². The second-order valence-corrected chi connectivity index (χ2v) is 15.8. The monoisotopic (exact) mass is 542 g/mol. The second-order valence-electron chi connectivity index (χ2n) is 10.7. The lowest BCUT2D eigenvalue weighted by Gasteiger charge is -2.40. The van der Waals surface area contributed by atoms with Gasteiger partial charge in [0, 0.05) is 24.1 Å². The van der Waals surface area contributed by atoms with Crippen molar-refractivity contribution >= 4 is 42.9 Å². The van der Waals surface area contributed by atoms with Crippen LogP contribution in [-0.2, 0) is 9.16 Å². The number of hydrogen-bond donors (Lipinski definition) is 2. The van der Waals surface area contributed by atoms with E-state index < -0.39 is 32.2 Å². The quantitative estimate of drug-likeness (QED) is 0.131. The van der Waals surface area contributed by atoms with Crippen LogP contribution in [0.25, 0.3) is 11.0 Å². The minimum atomic E-state index is -2.22. The van der Waals surface area contributed by atoms with Gasteiger partial charge in [0.1, 0.15) is 23.4 Å². The first-order valence-corrected chi connectivity index (χ1v) is 15.2. The molecule has 0 radical (unpaired) electrons. The van der Waals surface area contributed by atoms with E-state index in [0.29, 0.717) is 23.0 Å². The molecular formula is C26H31ClN4O5Si. The highest BCUT2D eigenvalue weighted by molar-refractivity contribution is 6.74. The molecule has 0 amide bonds. The van der Waals surface area contributed by atoms with E-state index in [4.69, 9.17) is 37.7 Å². The molecular weight excluding hydrogens is 512 g/mol. The fourth-order valence-corrected chi connectivity index (χ4v) is 5.52. The predicted molar refractivity (Wildman–Crippen MR) is 144 cm³/mol. The minimum absolute atomic E-state index is 0.0178. The molecule has 3 atom stereocenters. The molecule has 3 heterocycles. The SMILES string of the molecule is C#C[C@]1(CO[Si](C)(C)C(C)(C)C)O[C@@H](n2ccc3c(N)nc(Cl)nc32)C[C@H]1c1ccccc1OC(=O)O. The maximum Gasteiger partial charge on any atom is 0.511 e. The molecule has 4 rings (SSSR count). The fraction of sp³-hybridized carbons (Fsp3) is 0.423. The van der Waals surface area contributed by atoms with Crippen LogP contribution in [0.2, 0.25) is 23.4 Å². The first-order chi connectivity index (χ1) is 17.3. The smallest absolute Gasteiger partial charge is 0.449 e. The van der Waals surface area contributed by atoms with E-state index in [2.05, 4.69) is 49.8 Å². The van der Waals surface area contributed by atoms with Crippen molar-refractivity contribution in [2.45, 2.75) is 63.1 Å². The Labute approximate surface area is 222 Å². The first-order valence-electron chi connectivity index (χ1n) is 11.9. The molecule has 0 unspecified atom stereocenters. The summed E-state index contributed by atoms with van der Waals surface area (Å²) in [4.78, 5) is 19.8. The highest BCUT2D eigenvalue weighted by atomic mass is 35.5. The number of nitrogens with two attached hydrogens (primary N) is 1. The summed E-state index contributed by atoms with van der Waals surface area (Å²) in [5, 5.41) is 9.94. The van der Waals surface area contributed by atoms with Gasteiger partial charge in [-0.05, 0) is 41.9 Å². The average molecular weight is 543 g/mol. The molecule has 3 aromatic rings. The van der Waals surface area contributed by atoms with Gasteiger partial charge >= 0.3 is 6.16 Å². The van der Waals surface area contributed by atoms with Gasteiger partial charge < -0.3 is 29.3 Å². The Morgan fingerprint density at radius 3 is 2.70 bits per heavy atom. The summed E-state index contributed by atoms with van der Waals surface area (Å²) in [6.07, 6.45) is 6.41. The molecule has 0 aliphatic carbocycles. The molecule has 3 N–H and O–H groups in total. The topological polar surface area (TPSA) is 122 Å². The van der Waals surface area contributed by atoms with Crippen molar-refractivity contribution < 1.29 is 23.8 Å². The van der Waals surface area contributed by atoms with Gasteiger partial charge in [-0.1, -0.05) is 44.9 Å². The fourth-order valence-electron chi connectivity index (χ4n) is 4.35. The Hall–Kier alpha value is -3.10. The zero-order chi connectivity index (χ0) is 27.2. The number of aromatic nitrogens is 3. The number of terminal acetylenes is 1. The minimum Gasteiger partial charge on any atom is -0.449 e. The van der Waals surface area contributed by atoms with E-state index in [1.54, 1.807) is 30.5 Å². The Morgan fingerprint density at radius 2 is 2.05 bits per heavy atom. The van der Waals surface area contributed by atoms with Crippen LogP contribution in [0.1, 0.15) is 44.9 Å². The number of carbonyl (C=O) groups is 1. The van der Waals surface area contributed by atoms with Crippen LogP contribution >= 0.6 is 11.6 Å². The van der Waals surface area contributed by atoms with Gasteiger partial charge in [-0.25, -0.2) is 9.78 Å². The van der Waals surface area contributed by atoms with Crippen LogP contribution < -0.4 is 10.5 Å². The zero-order valence-electron chi connectivity index (χ0n) is 21.5. The van der Waals surface area contributed by atoms with Crippen LogP contribution in [-0.4, -0.2) is 46.3 Å². The number of halogens is 1. The summed E-state index contributed by atoms with van der Waals surface area (Å²) >= 11 is 6.10. The van der Waals surface area contributed by atoms with Crippen molar-refractivity contribution in [2.75, 3.05) is 12.3 Å². The van der Waals surface area contributed by atoms with Gasteiger partial charge in [-0.3, -0.25) is 0 Å². The molecule has 0 saturated carbocycles. The summed E-state index contributed by atoms with van der Waals surface area (Å²) in [5.41, 5.74) is 5.98. The third-order valence-electron chi connectivity index (χ3n) is 7.42. The van der Waals surface area contributed by atoms with Crippen molar-refractivity contribution in [3.05, 3.63) is 47.4 Å². The average Bonchev–Trinajstić information content (AvgIpc) is 3.39. The van der Waals surface area contributed by atoms with Gasteiger partial charge in [0.05, 0.1) is 12.0 Å². The molecule has 1 fully saturated rings. The van der Waals surface area contributed by atoms with Crippen LogP contribution in [0.4, 0.5) is 10.6 Å². The van der Waals surface area contributed by atoms with E-state index in [0.717, 1.165) is 0 Å². The second kappa shape index (κ2) is 9.65. The maximum absolute atomic E-state index is 11.4. The molecule has 2 aromatic heterocycles. The molecule has 0 spiro atoms. The summed E-state index contributed by atoms with van der Waals surface area (Å²) in [6.45, 7) is 10.8. The number of anilines is 1. The molecule has 9 nitrogen and oxygen atoms in total. The third-order valence-corrected chi connectivity index (χ3v) is 12.1. The van der Waals surface area contributed by atoms with Gasteiger partial charge in [-0.2, -0.15) is 4.98 Å². The normalized spacial score (nSPS) is 22.2. The number of hydrogen-bond acceptors (Lipinski definition) is 7. The zero-order valence-corrected chi connectivity index (χ0v) is 23.2. The molecule has 1 aliphatic heterocycles. The molecule has 37 heavy (non-hydrogen) atoms. The van der Waals surface area contributed by atoms with Crippen LogP contribution in [0, 0.1) is 12.3 Å². The summed E-state index contributed by atoms with van der Waals surface area (Å²) in [5.74, 6) is 2.87. The molecule has 1 aromatic carbocycles. The van der Waals surface area contributed by atoms with Gasteiger partial charge in [0.25, 0.3) is 0 Å². The number of nitrogens with zero attached hydrogens (tertiary/aromatic N) is 3. The lowest BCUT2D eigenvalue weighted by molar-refractivity contribution is -0.0632. The molecule has 1 aliphatic rings. The predicted octanol–water partition coefficient (Wildman–Crippen LogP) is 5.82. The molecule has 1 saturated heterocycles. The van der Waals surface area contributed by atoms with Gasteiger partial charge in [0.2, 0.25) is 5.28 Å². The lowest BCUT2D eigenvalue weighted by Crippen LogP contribution is -2.47. The van der Waals surface area contributed by atoms with Gasteiger partial charge in [-0.15, -0.1) is 6.42 Å². The number of carboxylic acid groups (broad SMARTS) is 1. The summed E-state index contributed by atoms with van der Waals surface area (Å²) < 4.78 is 20.2. The number of ether oxygens (including phenoxy) is 2. The van der Waals surface area contributed by atoms with Crippen molar-refractivity contribution in [2.24, 2.45) is 0 Å². The Bertz CT molecular complexity index is 1380. The Balaban J connectivity index is 1.81. The first kappa shape index (κ1) is 26.9. The van der Waals surface area contributed by atoms with Crippen LogP contribution in [0.3, 0.4) is 0 Å². The summed E-state index contributed by atoms with van der Waals surface area (Å²) in [6, 6.07) is 8.72. The highest BCUT2D eigenvalue weighted by Gasteiger charge is 2.52. The Morgan fingerprint density at radius 1 is 1.35 bits per heavy atom. The maximum atomic E-state index is 11.4. The van der Waals surface area contributed by atoms with Crippen molar-refractivity contribution in [1.29, 1.82) is 0 Å². The third kappa shape index (κ3) is 5.05. The van der Waals surface area contributed by atoms with E-state index in [1.165, 1.54) is 0 Å². The number of benzene rings is 1. The van der Waals surface area contributed by atoms with Crippen molar-refractivity contribution in [3.63, 3.8) is 0 Å². The van der Waals surface area contributed by atoms with Crippen molar-refractivity contribution in [3.8, 4) is 18.1 Å². The summed E-state index contributed by atoms with van der Waals surface area (Å²) in [7, 11) is -2.22. The number of rotatable bonds is 6. The number of para-hydroxylation sites is 1. The van der Waals surface area contributed by atoms with E-state index in [1.807, 2.05) is 10.6 Å². The van der Waals surface area contributed by atoms with E-state index >= 15 is 0 Å². The van der Waals surface area contributed by atoms with Crippen LogP contribution in [0.5, 0.6) is 5.75 Å². The Kier molecular flexibility index (Phi) is 7.03. The standard InChI is InChI=1S/C26H31ClN4O5Si/c1-7-26(15-34-37(5,6)25(2,3)4)18(16-10-8-9-11-19(16)35-24(32)33)14-20(36-26)31-13-12-17-21(28)29-23(27)30-22(17)31/h1,8-13,18,20H,14-15H2,2-6H3,(H,32,33)(H2,28,29,30)/t18-,20+,26+/m0/s1. The van der Waals surface area contributed by atoms with Crippen LogP contribution in [0.15, 0.2) is 36.5 Å². The number of fused-ring (bicyclic) bond motifs is 1. The van der Waals surface area contributed by atoms with E-state index in [-0.39, 0.29) is 28.5 Å². The molecule has 0 bridgehead atoms.